The Morgan fingerprint density at radius 1 is 1.58 bits per heavy atom. The minimum absolute atomic E-state index is 0.257. The molecule has 0 atom stereocenters. The number of aromatic nitrogens is 1. The van der Waals surface area contributed by atoms with Crippen LogP contribution in [0.5, 0.6) is 0 Å². The lowest BCUT2D eigenvalue weighted by atomic mass is 9.73. The minimum Gasteiger partial charge on any atom is -0.479 e. The second kappa shape index (κ2) is 4.48. The third-order valence-corrected chi connectivity index (χ3v) is 4.79. The normalized spacial score (nSPS) is 28.0. The number of aliphatic carboxylic acids is 1. The number of amides is 2. The molecule has 102 valence electrons. The number of urea groups is 1. The lowest BCUT2D eigenvalue weighted by molar-refractivity contribution is -0.151. The molecule has 0 unspecified atom stereocenters. The van der Waals surface area contributed by atoms with Gasteiger partial charge in [0.25, 0.3) is 0 Å². The number of carbonyl (C=O) groups excluding carboxylic acids is 1. The van der Waals surface area contributed by atoms with E-state index >= 15 is 0 Å². The van der Waals surface area contributed by atoms with E-state index in [-0.39, 0.29) is 6.03 Å². The van der Waals surface area contributed by atoms with Crippen molar-refractivity contribution in [3.05, 3.63) is 17.1 Å². The average Bonchev–Trinajstić information content (AvgIpc) is 3.01. The first-order chi connectivity index (χ1) is 9.12. The van der Waals surface area contributed by atoms with Gasteiger partial charge >= 0.3 is 12.0 Å². The average molecular weight is 281 g/mol. The summed E-state index contributed by atoms with van der Waals surface area (Å²) in [5.74, 6) is -0.512. The van der Waals surface area contributed by atoms with Gasteiger partial charge in [-0.25, -0.2) is 14.0 Å². The van der Waals surface area contributed by atoms with Crippen LogP contribution in [0.25, 0.3) is 0 Å². The van der Waals surface area contributed by atoms with E-state index in [1.165, 1.54) is 16.4 Å². The molecule has 2 bridgehead atoms. The van der Waals surface area contributed by atoms with Gasteiger partial charge < -0.3 is 15.3 Å². The molecule has 2 amide bonds. The summed E-state index contributed by atoms with van der Waals surface area (Å²) in [6.45, 7) is 1.08. The molecule has 7 heteroatoms. The topological polar surface area (TPSA) is 82.5 Å². The van der Waals surface area contributed by atoms with Gasteiger partial charge in [-0.05, 0) is 36.4 Å². The number of rotatable bonds is 4. The monoisotopic (exact) mass is 281 g/mol. The highest BCUT2D eigenvalue weighted by atomic mass is 32.1. The van der Waals surface area contributed by atoms with E-state index in [4.69, 9.17) is 0 Å². The number of nitrogens with one attached hydrogen (secondary N) is 1. The highest BCUT2D eigenvalue weighted by Crippen LogP contribution is 2.50. The summed E-state index contributed by atoms with van der Waals surface area (Å²) in [6.07, 6.45) is 3.67. The van der Waals surface area contributed by atoms with Crippen molar-refractivity contribution in [2.45, 2.75) is 24.8 Å². The highest BCUT2D eigenvalue weighted by molar-refractivity contribution is 7.05. The molecule has 3 fully saturated rings. The van der Waals surface area contributed by atoms with Gasteiger partial charge in [0.05, 0.1) is 0 Å². The first-order valence-corrected chi connectivity index (χ1v) is 7.07. The predicted octanol–water partition coefficient (Wildman–Crippen LogP) is 0.944. The number of carboxylic acid groups (broad SMARTS) is 1. The molecular formula is C12H15N3O3S. The van der Waals surface area contributed by atoms with Crippen LogP contribution in [0.4, 0.5) is 4.79 Å². The molecule has 0 spiro atoms. The SMILES string of the molecule is O=C(NCCc1ccns1)N1CC2CC1(C(=O)O)C2. The van der Waals surface area contributed by atoms with Crippen LogP contribution in [0.15, 0.2) is 12.3 Å². The number of hydrogen-bond acceptors (Lipinski definition) is 4. The summed E-state index contributed by atoms with van der Waals surface area (Å²) in [6, 6.07) is 1.66. The van der Waals surface area contributed by atoms with Crippen LogP contribution in [0.2, 0.25) is 0 Å². The van der Waals surface area contributed by atoms with Crippen LogP contribution in [-0.2, 0) is 11.2 Å². The first-order valence-electron chi connectivity index (χ1n) is 6.30. The molecule has 3 heterocycles. The van der Waals surface area contributed by atoms with Gasteiger partial charge in [-0.3, -0.25) is 0 Å². The van der Waals surface area contributed by atoms with E-state index < -0.39 is 11.5 Å². The lowest BCUT2D eigenvalue weighted by Crippen LogP contribution is -2.56. The Labute approximate surface area is 114 Å². The van der Waals surface area contributed by atoms with Gasteiger partial charge in [0.2, 0.25) is 0 Å². The van der Waals surface area contributed by atoms with Gasteiger partial charge in [0.15, 0.2) is 0 Å². The molecule has 4 rings (SSSR count). The predicted molar refractivity (Wildman–Crippen MR) is 69.0 cm³/mol. The van der Waals surface area contributed by atoms with Crippen LogP contribution < -0.4 is 5.32 Å². The van der Waals surface area contributed by atoms with Crippen molar-refractivity contribution in [3.63, 3.8) is 0 Å². The zero-order valence-corrected chi connectivity index (χ0v) is 11.2. The van der Waals surface area contributed by atoms with E-state index in [9.17, 15) is 14.7 Å². The lowest BCUT2D eigenvalue weighted by Gasteiger charge is -2.37. The van der Waals surface area contributed by atoms with E-state index in [0.717, 1.165) is 11.3 Å². The zero-order valence-electron chi connectivity index (χ0n) is 10.3. The quantitative estimate of drug-likeness (QED) is 0.860. The maximum Gasteiger partial charge on any atom is 0.329 e. The second-order valence-corrected chi connectivity index (χ2v) is 6.10. The molecule has 1 saturated carbocycles. The van der Waals surface area contributed by atoms with Gasteiger partial charge in [-0.2, -0.15) is 0 Å². The molecule has 1 aromatic heterocycles. The summed E-state index contributed by atoms with van der Waals surface area (Å²) < 4.78 is 3.99. The number of carbonyl (C=O) groups is 2. The molecule has 2 saturated heterocycles. The van der Waals surface area contributed by atoms with Crippen LogP contribution in [0, 0.1) is 5.92 Å². The third-order valence-electron chi connectivity index (χ3n) is 3.99. The Balaban J connectivity index is 1.55. The summed E-state index contributed by atoms with van der Waals surface area (Å²) in [4.78, 5) is 26.0. The van der Waals surface area contributed by atoms with Crippen LogP contribution >= 0.6 is 11.5 Å². The minimum atomic E-state index is -0.931. The highest BCUT2D eigenvalue weighted by Gasteiger charge is 2.62. The van der Waals surface area contributed by atoms with E-state index in [2.05, 4.69) is 9.69 Å². The first kappa shape index (κ1) is 12.4. The van der Waals surface area contributed by atoms with Crippen molar-refractivity contribution in [3.8, 4) is 0 Å². The van der Waals surface area contributed by atoms with Crippen molar-refractivity contribution in [1.29, 1.82) is 0 Å². The molecule has 2 aliphatic heterocycles. The van der Waals surface area contributed by atoms with Gasteiger partial charge in [0, 0.05) is 30.6 Å². The van der Waals surface area contributed by atoms with Crippen LogP contribution in [0.3, 0.4) is 0 Å². The fourth-order valence-corrected chi connectivity index (χ4v) is 3.58. The Morgan fingerprint density at radius 2 is 2.37 bits per heavy atom. The Morgan fingerprint density at radius 3 is 3.00 bits per heavy atom. The number of nitrogens with zero attached hydrogens (tertiary/aromatic N) is 2. The molecule has 6 nitrogen and oxygen atoms in total. The van der Waals surface area contributed by atoms with Gasteiger partial charge in [0.1, 0.15) is 5.54 Å². The van der Waals surface area contributed by atoms with Crippen molar-refractivity contribution < 1.29 is 14.7 Å². The van der Waals surface area contributed by atoms with Crippen molar-refractivity contribution in [2.75, 3.05) is 13.1 Å². The molecule has 0 radical (unpaired) electrons. The molecular weight excluding hydrogens is 266 g/mol. The summed E-state index contributed by atoms with van der Waals surface area (Å²) in [7, 11) is 0. The summed E-state index contributed by atoms with van der Waals surface area (Å²) in [5, 5.41) is 12.1. The Kier molecular flexibility index (Phi) is 2.93. The summed E-state index contributed by atoms with van der Waals surface area (Å²) >= 11 is 1.41. The number of hydrogen-bond donors (Lipinski definition) is 2. The number of carboxylic acids is 1. The largest absolute Gasteiger partial charge is 0.479 e. The maximum atomic E-state index is 12.1. The van der Waals surface area contributed by atoms with Gasteiger partial charge in [-0.1, -0.05) is 0 Å². The van der Waals surface area contributed by atoms with E-state index in [0.29, 0.717) is 31.8 Å². The molecule has 3 aliphatic rings. The van der Waals surface area contributed by atoms with Crippen LogP contribution in [0.1, 0.15) is 17.7 Å². The molecule has 1 aromatic rings. The third kappa shape index (κ3) is 1.98. The maximum absolute atomic E-state index is 12.1. The fourth-order valence-electron chi connectivity index (χ4n) is 3.00. The van der Waals surface area contributed by atoms with Crippen molar-refractivity contribution >= 4 is 23.5 Å². The zero-order chi connectivity index (χ0) is 13.5. The van der Waals surface area contributed by atoms with Crippen molar-refractivity contribution in [2.24, 2.45) is 5.92 Å². The molecule has 0 aromatic carbocycles. The number of fused-ring (bicyclic) bond motifs is 1. The van der Waals surface area contributed by atoms with Gasteiger partial charge in [-0.15, -0.1) is 0 Å². The van der Waals surface area contributed by atoms with E-state index in [1.807, 2.05) is 6.07 Å². The Bertz CT molecular complexity index is 496. The van der Waals surface area contributed by atoms with Crippen molar-refractivity contribution in [1.82, 2.24) is 14.6 Å². The van der Waals surface area contributed by atoms with Crippen LogP contribution in [-0.4, -0.2) is 45.0 Å². The second-order valence-electron chi connectivity index (χ2n) is 5.18. The molecule has 19 heavy (non-hydrogen) atoms. The standard InChI is InChI=1S/C12H15N3O3S/c16-10(17)12-5-8(6-12)7-15(12)11(18)13-3-1-9-2-4-14-19-9/h2,4,8H,1,3,5-7H2,(H,13,18)(H,16,17). The smallest absolute Gasteiger partial charge is 0.329 e. The molecule has 1 aliphatic carbocycles. The fraction of sp³-hybridized carbons (Fsp3) is 0.583. The van der Waals surface area contributed by atoms with E-state index in [1.54, 1.807) is 6.20 Å². The Hall–Kier alpha value is -1.63. The molecule has 2 N–H and O–H groups in total. The summed E-state index contributed by atoms with van der Waals surface area (Å²) in [5.41, 5.74) is -0.931.